The fraction of sp³-hybridized carbons (Fsp3) is 0.520. The summed E-state index contributed by atoms with van der Waals surface area (Å²) in [7, 11) is 0. The van der Waals surface area contributed by atoms with E-state index in [1.54, 1.807) is 13.8 Å². The van der Waals surface area contributed by atoms with Crippen LogP contribution in [0.3, 0.4) is 0 Å². The van der Waals surface area contributed by atoms with Gasteiger partial charge < -0.3 is 31.8 Å². The third-order valence-corrected chi connectivity index (χ3v) is 6.20. The Labute approximate surface area is 216 Å². The number of nitrogens with two attached hydrogens (primary N) is 1. The summed E-state index contributed by atoms with van der Waals surface area (Å²) in [4.78, 5) is 53.2. The number of nitrogens with one attached hydrogen (secondary N) is 4. The van der Waals surface area contributed by atoms with Crippen LogP contribution >= 0.6 is 12.6 Å². The van der Waals surface area contributed by atoms with Gasteiger partial charge in [-0.15, -0.1) is 0 Å². The van der Waals surface area contributed by atoms with Crippen LogP contribution in [0.1, 0.15) is 39.7 Å². The van der Waals surface area contributed by atoms with E-state index in [1.807, 2.05) is 44.3 Å². The van der Waals surface area contributed by atoms with Crippen molar-refractivity contribution in [2.75, 3.05) is 5.75 Å². The molecule has 198 valence electrons. The second-order valence-corrected chi connectivity index (χ2v) is 10.0. The van der Waals surface area contributed by atoms with E-state index < -0.39 is 47.9 Å². The molecule has 1 aromatic carbocycles. The fourth-order valence-corrected chi connectivity index (χ4v) is 4.10. The fourth-order valence-electron chi connectivity index (χ4n) is 3.85. The molecule has 0 saturated heterocycles. The van der Waals surface area contributed by atoms with Gasteiger partial charge in [-0.1, -0.05) is 45.9 Å². The van der Waals surface area contributed by atoms with E-state index >= 15 is 0 Å². The summed E-state index contributed by atoms with van der Waals surface area (Å²) in [6, 6.07) is 3.69. The van der Waals surface area contributed by atoms with E-state index in [4.69, 9.17) is 5.73 Å². The van der Waals surface area contributed by atoms with E-state index in [2.05, 4.69) is 33.6 Å². The Bertz CT molecular complexity index is 1070. The molecule has 0 aliphatic heterocycles. The van der Waals surface area contributed by atoms with Crippen LogP contribution in [0.4, 0.5) is 0 Å². The number of aliphatic carboxylic acids is 1. The molecule has 2 rings (SSSR count). The smallest absolute Gasteiger partial charge is 0.326 e. The van der Waals surface area contributed by atoms with Gasteiger partial charge in [-0.3, -0.25) is 14.4 Å². The van der Waals surface area contributed by atoms with E-state index in [0.29, 0.717) is 6.42 Å². The van der Waals surface area contributed by atoms with Gasteiger partial charge in [0, 0.05) is 22.9 Å². The van der Waals surface area contributed by atoms with E-state index in [9.17, 15) is 24.3 Å². The van der Waals surface area contributed by atoms with E-state index in [-0.39, 0.29) is 24.0 Å². The lowest BCUT2D eigenvalue weighted by Crippen LogP contribution is -2.58. The van der Waals surface area contributed by atoms with Gasteiger partial charge in [0.1, 0.15) is 18.1 Å². The zero-order valence-corrected chi connectivity index (χ0v) is 22.0. The van der Waals surface area contributed by atoms with Gasteiger partial charge in [-0.2, -0.15) is 12.6 Å². The number of thiol groups is 1. The van der Waals surface area contributed by atoms with Crippen molar-refractivity contribution >= 4 is 47.2 Å². The predicted molar refractivity (Wildman–Crippen MR) is 142 cm³/mol. The monoisotopic (exact) mass is 519 g/mol. The van der Waals surface area contributed by atoms with Crippen LogP contribution < -0.4 is 21.7 Å². The molecule has 3 amide bonds. The van der Waals surface area contributed by atoms with Crippen LogP contribution in [0.2, 0.25) is 0 Å². The van der Waals surface area contributed by atoms with Gasteiger partial charge in [-0.05, 0) is 36.3 Å². The number of benzene rings is 1. The highest BCUT2D eigenvalue weighted by molar-refractivity contribution is 7.80. The van der Waals surface area contributed by atoms with Crippen molar-refractivity contribution < 1.29 is 24.3 Å². The average Bonchev–Trinajstić information content (AvgIpc) is 3.22. The summed E-state index contributed by atoms with van der Waals surface area (Å²) in [6.45, 7) is 7.14. The molecule has 0 aliphatic rings. The maximum atomic E-state index is 13.1. The Morgan fingerprint density at radius 1 is 0.972 bits per heavy atom. The Kier molecular flexibility index (Phi) is 10.8. The maximum absolute atomic E-state index is 13.1. The first-order chi connectivity index (χ1) is 16.9. The molecule has 10 nitrogen and oxygen atoms in total. The zero-order chi connectivity index (χ0) is 27.0. The highest BCUT2D eigenvalue weighted by Gasteiger charge is 2.31. The maximum Gasteiger partial charge on any atom is 0.326 e. The summed E-state index contributed by atoms with van der Waals surface area (Å²) < 4.78 is 0. The number of carbonyl (C=O) groups excluding carboxylic acids is 3. The van der Waals surface area contributed by atoms with E-state index in [0.717, 1.165) is 16.5 Å². The molecule has 36 heavy (non-hydrogen) atoms. The van der Waals surface area contributed by atoms with Crippen LogP contribution in [-0.2, 0) is 25.6 Å². The van der Waals surface area contributed by atoms with Crippen LogP contribution in [0, 0.1) is 11.8 Å². The minimum absolute atomic E-state index is 0.0512. The Balaban J connectivity index is 2.07. The molecule has 0 fully saturated rings. The number of aromatic nitrogens is 1. The number of rotatable bonds is 13. The second-order valence-electron chi connectivity index (χ2n) is 9.67. The molecule has 0 bridgehead atoms. The van der Waals surface area contributed by atoms with E-state index in [1.165, 1.54) is 0 Å². The van der Waals surface area contributed by atoms with Gasteiger partial charge in [-0.25, -0.2) is 4.79 Å². The number of hydrogen-bond donors (Lipinski definition) is 7. The summed E-state index contributed by atoms with van der Waals surface area (Å²) in [5, 5.41) is 18.1. The minimum Gasteiger partial charge on any atom is -0.480 e. The lowest BCUT2D eigenvalue weighted by molar-refractivity contribution is -0.143. The lowest BCUT2D eigenvalue weighted by atomic mass is 10.0. The number of amides is 3. The first kappa shape index (κ1) is 29.2. The quantitative estimate of drug-likeness (QED) is 0.196. The van der Waals surface area contributed by atoms with Crippen molar-refractivity contribution in [2.24, 2.45) is 17.6 Å². The molecule has 0 aliphatic carbocycles. The second kappa shape index (κ2) is 13.3. The Morgan fingerprint density at radius 2 is 1.58 bits per heavy atom. The SMILES string of the molecule is CC(C)CC(NC(=O)C(N)Cc1c[nH]c2ccccc12)C(=O)NC(CS)C(=O)NC(C(=O)O)C(C)C. The Morgan fingerprint density at radius 3 is 2.17 bits per heavy atom. The minimum atomic E-state index is -1.17. The first-order valence-corrected chi connectivity index (χ1v) is 12.6. The third kappa shape index (κ3) is 7.99. The number of para-hydroxylation sites is 1. The summed E-state index contributed by atoms with van der Waals surface area (Å²) in [5.41, 5.74) is 8.01. The number of carboxylic acids is 1. The number of fused-ring (bicyclic) bond motifs is 1. The number of H-pyrrole nitrogens is 1. The van der Waals surface area contributed by atoms with Gasteiger partial charge in [0.05, 0.1) is 6.04 Å². The molecule has 2 aromatic rings. The van der Waals surface area contributed by atoms with Crippen LogP contribution in [0.5, 0.6) is 0 Å². The molecule has 11 heteroatoms. The molecule has 4 unspecified atom stereocenters. The molecule has 0 spiro atoms. The third-order valence-electron chi connectivity index (χ3n) is 5.84. The van der Waals surface area contributed by atoms with Crippen LogP contribution in [0.25, 0.3) is 10.9 Å². The standard InChI is InChI=1S/C25H37N5O5S/c1-13(2)9-19(23(32)29-20(12-36)24(33)30-21(14(3)4)25(34)35)28-22(31)17(26)10-15-11-27-18-8-6-5-7-16(15)18/h5-8,11,13-14,17,19-21,27,36H,9-10,12,26H2,1-4H3,(H,28,31)(H,29,32)(H,30,33)(H,34,35). The van der Waals surface area contributed by atoms with Crippen LogP contribution in [0.15, 0.2) is 30.5 Å². The van der Waals surface area contributed by atoms with Crippen molar-refractivity contribution in [3.63, 3.8) is 0 Å². The topological polar surface area (TPSA) is 166 Å². The van der Waals surface area contributed by atoms with Crippen molar-refractivity contribution in [1.82, 2.24) is 20.9 Å². The Hall–Kier alpha value is -3.05. The summed E-state index contributed by atoms with van der Waals surface area (Å²) >= 11 is 4.14. The number of carboxylic acid groups (broad SMARTS) is 1. The predicted octanol–water partition coefficient (Wildman–Crippen LogP) is 1.21. The van der Waals surface area contributed by atoms with Crippen molar-refractivity contribution in [3.8, 4) is 0 Å². The molecular weight excluding hydrogens is 482 g/mol. The number of hydrogen-bond acceptors (Lipinski definition) is 6. The van der Waals surface area contributed by atoms with Gasteiger partial charge >= 0.3 is 5.97 Å². The lowest BCUT2D eigenvalue weighted by Gasteiger charge is -2.26. The molecule has 0 radical (unpaired) electrons. The molecule has 0 saturated carbocycles. The molecule has 4 atom stereocenters. The number of carbonyl (C=O) groups is 4. The zero-order valence-electron chi connectivity index (χ0n) is 21.1. The van der Waals surface area contributed by atoms with Crippen molar-refractivity contribution in [1.29, 1.82) is 0 Å². The van der Waals surface area contributed by atoms with Gasteiger partial charge in [0.25, 0.3) is 0 Å². The highest BCUT2D eigenvalue weighted by atomic mass is 32.1. The largest absolute Gasteiger partial charge is 0.480 e. The first-order valence-electron chi connectivity index (χ1n) is 12.0. The number of aromatic amines is 1. The molecular formula is C25H37N5O5S. The van der Waals surface area contributed by atoms with Crippen LogP contribution in [-0.4, -0.2) is 63.7 Å². The van der Waals surface area contributed by atoms with Crippen molar-refractivity contribution in [3.05, 3.63) is 36.0 Å². The van der Waals surface area contributed by atoms with Gasteiger partial charge in [0.2, 0.25) is 17.7 Å². The average molecular weight is 520 g/mol. The van der Waals surface area contributed by atoms with Gasteiger partial charge in [0.15, 0.2) is 0 Å². The van der Waals surface area contributed by atoms with Crippen molar-refractivity contribution in [2.45, 2.75) is 64.7 Å². The summed E-state index contributed by atoms with van der Waals surface area (Å²) in [6.07, 6.45) is 2.41. The molecule has 7 N–H and O–H groups in total. The highest BCUT2D eigenvalue weighted by Crippen LogP contribution is 2.19. The summed E-state index contributed by atoms with van der Waals surface area (Å²) in [5.74, 6) is -3.23. The molecule has 1 heterocycles. The normalized spacial score (nSPS) is 14.8. The molecule has 1 aromatic heterocycles.